The number of hydrogen-bond donors (Lipinski definition) is 0. The minimum atomic E-state index is 1.07. The van der Waals surface area contributed by atoms with Crippen LogP contribution < -0.4 is 0 Å². The Morgan fingerprint density at radius 1 is 1.20 bits per heavy atom. The second-order valence-corrected chi connectivity index (χ2v) is 2.25. The molecule has 0 aliphatic carbocycles. The number of hydrogen-bond acceptors (Lipinski definition) is 0. The fraction of sp³-hybridized carbons (Fsp3) is 0.500. The Morgan fingerprint density at radius 2 is 1.90 bits per heavy atom. The van der Waals surface area contributed by atoms with Crippen LogP contribution in [0.3, 0.4) is 0 Å². The summed E-state index contributed by atoms with van der Waals surface area (Å²) in [6, 6.07) is 0. The molecule has 10 heavy (non-hydrogen) atoms. The van der Waals surface area contributed by atoms with Gasteiger partial charge in [0, 0.05) is 0 Å². The molecule has 0 aliphatic rings. The lowest BCUT2D eigenvalue weighted by Crippen LogP contribution is -1.64. The van der Waals surface area contributed by atoms with Gasteiger partial charge in [-0.1, -0.05) is 32.1 Å². The van der Waals surface area contributed by atoms with Crippen molar-refractivity contribution in [1.29, 1.82) is 0 Å². The maximum atomic E-state index is 3.49. The molecule has 0 aromatic carbocycles. The van der Waals surface area contributed by atoms with Crippen LogP contribution in [-0.4, -0.2) is 0 Å². The first-order chi connectivity index (χ1) is 4.91. The molecular formula is C10H16. The van der Waals surface area contributed by atoms with Gasteiger partial charge in [-0.3, -0.25) is 0 Å². The Hall–Kier alpha value is -0.740. The lowest BCUT2D eigenvalue weighted by atomic mass is 10.2. The zero-order valence-corrected chi connectivity index (χ0v) is 6.77. The van der Waals surface area contributed by atoms with E-state index in [4.69, 9.17) is 0 Å². The van der Waals surface area contributed by atoms with Gasteiger partial charge in [0.1, 0.15) is 0 Å². The largest absolute Gasteiger partial charge is 0.133 e. The predicted molar refractivity (Wildman–Crippen MR) is 47.0 cm³/mol. The smallest absolute Gasteiger partial charge is 0.0240 e. The Kier molecular flexibility index (Phi) is 7.65. The van der Waals surface area contributed by atoms with Crippen molar-refractivity contribution in [2.75, 3.05) is 0 Å². The van der Waals surface area contributed by atoms with Crippen molar-refractivity contribution in [2.45, 2.75) is 32.6 Å². The van der Waals surface area contributed by atoms with Crippen LogP contribution in [0.5, 0.6) is 0 Å². The summed E-state index contributed by atoms with van der Waals surface area (Å²) in [5.41, 5.74) is 2.75. The van der Waals surface area contributed by atoms with Gasteiger partial charge in [0.15, 0.2) is 0 Å². The van der Waals surface area contributed by atoms with Gasteiger partial charge in [-0.2, -0.15) is 0 Å². The van der Waals surface area contributed by atoms with Gasteiger partial charge in [-0.25, -0.2) is 0 Å². The van der Waals surface area contributed by atoms with Crippen molar-refractivity contribution in [3.8, 4) is 0 Å². The second-order valence-electron chi connectivity index (χ2n) is 2.25. The molecular weight excluding hydrogens is 120 g/mol. The van der Waals surface area contributed by atoms with Crippen LogP contribution in [0, 0.1) is 0 Å². The van der Waals surface area contributed by atoms with Crippen molar-refractivity contribution >= 4 is 0 Å². The molecule has 0 nitrogen and oxygen atoms in total. The first kappa shape index (κ1) is 9.26. The third-order valence-corrected chi connectivity index (χ3v) is 1.24. The Labute approximate surface area is 64.0 Å². The van der Waals surface area contributed by atoms with Crippen molar-refractivity contribution in [2.24, 2.45) is 0 Å². The third kappa shape index (κ3) is 7.26. The number of allylic oxidation sites excluding steroid dienone is 3. The Balaban J connectivity index is 3.09. The fourth-order valence-corrected chi connectivity index (χ4v) is 0.684. The van der Waals surface area contributed by atoms with Crippen LogP contribution in [-0.2, 0) is 0 Å². The average Bonchev–Trinajstić information content (AvgIpc) is 1.97. The molecule has 0 atom stereocenters. The molecule has 0 unspecified atom stereocenters. The molecule has 0 saturated carbocycles. The van der Waals surface area contributed by atoms with Crippen LogP contribution in [0.25, 0.3) is 0 Å². The summed E-state index contributed by atoms with van der Waals surface area (Å²) in [4.78, 5) is 0. The SMILES string of the molecule is C=C=CCCC=CCCC. The summed E-state index contributed by atoms with van der Waals surface area (Å²) in [6.45, 7) is 5.68. The van der Waals surface area contributed by atoms with E-state index in [1.54, 1.807) is 0 Å². The minimum absolute atomic E-state index is 1.07. The summed E-state index contributed by atoms with van der Waals surface area (Å²) in [5.74, 6) is 0. The number of rotatable bonds is 5. The summed E-state index contributed by atoms with van der Waals surface area (Å²) in [7, 11) is 0. The second kappa shape index (κ2) is 8.26. The first-order valence-corrected chi connectivity index (χ1v) is 3.91. The normalized spacial score (nSPS) is 9.70. The molecule has 0 aliphatic heterocycles. The van der Waals surface area contributed by atoms with Crippen LogP contribution in [0.2, 0.25) is 0 Å². The van der Waals surface area contributed by atoms with E-state index in [0.29, 0.717) is 0 Å². The highest BCUT2D eigenvalue weighted by atomic mass is 13.8. The van der Waals surface area contributed by atoms with Gasteiger partial charge in [0.25, 0.3) is 0 Å². The van der Waals surface area contributed by atoms with Crippen molar-refractivity contribution in [3.05, 3.63) is 30.5 Å². The standard InChI is InChI=1S/C10H16/c1-3-5-7-9-10-8-6-4-2/h5,8,10H,1,4,6-7,9H2,2H3. The highest BCUT2D eigenvalue weighted by molar-refractivity contribution is 4.85. The molecule has 0 radical (unpaired) electrons. The van der Waals surface area contributed by atoms with E-state index in [2.05, 4.69) is 31.4 Å². The molecule has 0 heterocycles. The highest BCUT2D eigenvalue weighted by Gasteiger charge is 1.74. The van der Waals surface area contributed by atoms with Gasteiger partial charge >= 0.3 is 0 Å². The maximum absolute atomic E-state index is 3.49. The van der Waals surface area contributed by atoms with Gasteiger partial charge in [-0.05, 0) is 25.3 Å². The molecule has 0 aromatic rings. The lowest BCUT2D eigenvalue weighted by Gasteiger charge is -1.84. The quantitative estimate of drug-likeness (QED) is 0.308. The molecule has 0 aromatic heterocycles. The topological polar surface area (TPSA) is 0 Å². The summed E-state index contributed by atoms with van der Waals surface area (Å²) < 4.78 is 0. The molecule has 56 valence electrons. The van der Waals surface area contributed by atoms with E-state index in [-0.39, 0.29) is 0 Å². The molecule has 0 amide bonds. The van der Waals surface area contributed by atoms with E-state index in [1.165, 1.54) is 12.8 Å². The van der Waals surface area contributed by atoms with Gasteiger partial charge < -0.3 is 0 Å². The molecule has 0 bridgehead atoms. The molecule has 0 heteroatoms. The fourth-order valence-electron chi connectivity index (χ4n) is 0.684. The van der Waals surface area contributed by atoms with Gasteiger partial charge in [0.05, 0.1) is 0 Å². The lowest BCUT2D eigenvalue weighted by molar-refractivity contribution is 0.943. The monoisotopic (exact) mass is 136 g/mol. The van der Waals surface area contributed by atoms with Crippen molar-refractivity contribution < 1.29 is 0 Å². The minimum Gasteiger partial charge on any atom is -0.133 e. The molecule has 0 N–H and O–H groups in total. The van der Waals surface area contributed by atoms with Crippen molar-refractivity contribution in [1.82, 2.24) is 0 Å². The van der Waals surface area contributed by atoms with E-state index in [9.17, 15) is 0 Å². The summed E-state index contributed by atoms with van der Waals surface area (Å²) in [6.07, 6.45) is 11.1. The van der Waals surface area contributed by atoms with Crippen LogP contribution >= 0.6 is 0 Å². The van der Waals surface area contributed by atoms with E-state index < -0.39 is 0 Å². The molecule has 0 saturated heterocycles. The zero-order chi connectivity index (χ0) is 7.66. The van der Waals surface area contributed by atoms with E-state index >= 15 is 0 Å². The Morgan fingerprint density at radius 3 is 2.50 bits per heavy atom. The van der Waals surface area contributed by atoms with Crippen LogP contribution in [0.15, 0.2) is 30.5 Å². The van der Waals surface area contributed by atoms with E-state index in [1.807, 2.05) is 6.08 Å². The third-order valence-electron chi connectivity index (χ3n) is 1.24. The predicted octanol–water partition coefficient (Wildman–Crippen LogP) is 3.46. The molecule has 0 fully saturated rings. The Bertz CT molecular complexity index is 125. The van der Waals surface area contributed by atoms with Gasteiger partial charge in [-0.15, -0.1) is 5.73 Å². The molecule has 0 spiro atoms. The zero-order valence-electron chi connectivity index (χ0n) is 6.77. The molecule has 0 rings (SSSR count). The van der Waals surface area contributed by atoms with Crippen LogP contribution in [0.1, 0.15) is 32.6 Å². The van der Waals surface area contributed by atoms with Gasteiger partial charge in [0.2, 0.25) is 0 Å². The number of unbranched alkanes of at least 4 members (excludes halogenated alkanes) is 2. The van der Waals surface area contributed by atoms with Crippen molar-refractivity contribution in [3.63, 3.8) is 0 Å². The maximum Gasteiger partial charge on any atom is -0.0240 e. The van der Waals surface area contributed by atoms with E-state index in [0.717, 1.165) is 12.8 Å². The first-order valence-electron chi connectivity index (χ1n) is 3.91. The highest BCUT2D eigenvalue weighted by Crippen LogP contribution is 1.94. The summed E-state index contributed by atoms with van der Waals surface area (Å²) in [5, 5.41) is 0. The van der Waals surface area contributed by atoms with Crippen LogP contribution in [0.4, 0.5) is 0 Å². The average molecular weight is 136 g/mol. The summed E-state index contributed by atoms with van der Waals surface area (Å²) >= 11 is 0.